The maximum atomic E-state index is 14.1. The second kappa shape index (κ2) is 6.38. The van der Waals surface area contributed by atoms with Crippen LogP contribution in [0.25, 0.3) is 11.5 Å². The van der Waals surface area contributed by atoms with Crippen LogP contribution in [0.5, 0.6) is 0 Å². The van der Waals surface area contributed by atoms with E-state index in [-0.39, 0.29) is 18.9 Å². The maximum Gasteiger partial charge on any atom is 0.231 e. The number of pyridine rings is 1. The maximum absolute atomic E-state index is 14.1. The van der Waals surface area contributed by atoms with Crippen molar-refractivity contribution in [3.05, 3.63) is 36.2 Å². The summed E-state index contributed by atoms with van der Waals surface area (Å²) in [4.78, 5) is 26.7. The highest BCUT2D eigenvalue weighted by Crippen LogP contribution is 2.34. The first kappa shape index (κ1) is 16.1. The van der Waals surface area contributed by atoms with Crippen molar-refractivity contribution < 1.29 is 18.4 Å². The van der Waals surface area contributed by atoms with Crippen molar-refractivity contribution in [3.63, 3.8) is 0 Å². The van der Waals surface area contributed by atoms with Gasteiger partial charge in [0.2, 0.25) is 11.8 Å². The molecule has 0 aliphatic heterocycles. The van der Waals surface area contributed by atoms with Crippen LogP contribution in [-0.4, -0.2) is 33.9 Å². The molecule has 2 aromatic rings. The lowest BCUT2D eigenvalue weighted by molar-refractivity contribution is -0.119. The van der Waals surface area contributed by atoms with Crippen LogP contribution in [0.1, 0.15) is 18.9 Å². The topological polar surface area (TPSA) is 75.5 Å². The van der Waals surface area contributed by atoms with Crippen LogP contribution in [0, 0.1) is 5.92 Å². The number of hydrogen-bond donors (Lipinski definition) is 2. The predicted octanol–water partition coefficient (Wildman–Crippen LogP) is 2.08. The number of imidazole rings is 1. The van der Waals surface area contributed by atoms with E-state index in [1.54, 1.807) is 16.5 Å². The Labute approximate surface area is 136 Å². The van der Waals surface area contributed by atoms with Gasteiger partial charge in [0.15, 0.2) is 5.82 Å². The van der Waals surface area contributed by atoms with Gasteiger partial charge in [0.05, 0.1) is 12.1 Å². The Morgan fingerprint density at radius 1 is 1.42 bits per heavy atom. The number of nitrogens with one attached hydrogen (secondary N) is 2. The number of hydrogen-bond acceptors (Lipinski definition) is 3. The number of halogens is 2. The van der Waals surface area contributed by atoms with Crippen LogP contribution in [0.4, 0.5) is 14.6 Å². The molecule has 0 bridgehead atoms. The van der Waals surface area contributed by atoms with Crippen molar-refractivity contribution in [2.75, 3.05) is 11.9 Å². The Kier molecular flexibility index (Phi) is 4.28. The number of carbonyl (C=O) groups is 2. The Hall–Kier alpha value is -2.77. The van der Waals surface area contributed by atoms with Gasteiger partial charge in [0, 0.05) is 25.2 Å². The molecule has 0 radical (unpaired) electrons. The van der Waals surface area contributed by atoms with Crippen LogP contribution < -0.4 is 10.6 Å². The summed E-state index contributed by atoms with van der Waals surface area (Å²) in [6.07, 6.45) is 3.49. The summed E-state index contributed by atoms with van der Waals surface area (Å²) in [6.45, 7) is 1.45. The summed E-state index contributed by atoms with van der Waals surface area (Å²) in [7, 11) is 0. The molecule has 24 heavy (non-hydrogen) atoms. The van der Waals surface area contributed by atoms with Gasteiger partial charge in [-0.2, -0.15) is 0 Å². The van der Waals surface area contributed by atoms with Crippen molar-refractivity contribution in [1.29, 1.82) is 0 Å². The smallest absolute Gasteiger partial charge is 0.231 e. The summed E-state index contributed by atoms with van der Waals surface area (Å²) >= 11 is 0. The molecule has 0 spiro atoms. The molecule has 1 aliphatic rings. The zero-order chi connectivity index (χ0) is 17.3. The standard InChI is InChI=1S/C16H16F2N4O2/c1-9(23)19-5-4-12(17)10-2-3-15-20-14(8-22(15)7-10)21-16(24)11-6-13(11)18/h2-4,7-8,11,13H,5-6H2,1H3,(H,19,23)(H,21,24)/b12-4-/t11-,13+/m1/s1. The molecular weight excluding hydrogens is 318 g/mol. The quantitative estimate of drug-likeness (QED) is 0.879. The second-order valence-corrected chi connectivity index (χ2v) is 5.65. The van der Waals surface area contributed by atoms with E-state index < -0.39 is 23.8 Å². The predicted molar refractivity (Wildman–Crippen MR) is 84.6 cm³/mol. The number of rotatable bonds is 5. The van der Waals surface area contributed by atoms with Gasteiger partial charge < -0.3 is 15.0 Å². The summed E-state index contributed by atoms with van der Waals surface area (Å²) in [5.74, 6) is -1.43. The molecule has 3 rings (SSSR count). The van der Waals surface area contributed by atoms with Crippen LogP contribution in [-0.2, 0) is 9.59 Å². The average Bonchev–Trinajstić information content (AvgIpc) is 3.12. The highest BCUT2D eigenvalue weighted by atomic mass is 19.1. The Bertz CT molecular complexity index is 831. The molecule has 2 N–H and O–H groups in total. The van der Waals surface area contributed by atoms with Gasteiger partial charge in [-0.25, -0.2) is 13.8 Å². The number of nitrogens with zero attached hydrogens (tertiary/aromatic N) is 2. The Morgan fingerprint density at radius 2 is 2.17 bits per heavy atom. The van der Waals surface area contributed by atoms with Crippen molar-refractivity contribution in [3.8, 4) is 0 Å². The zero-order valence-electron chi connectivity index (χ0n) is 12.9. The molecule has 0 aromatic carbocycles. The van der Waals surface area contributed by atoms with Crippen LogP contribution in [0.15, 0.2) is 30.6 Å². The monoisotopic (exact) mass is 334 g/mol. The summed E-state index contributed by atoms with van der Waals surface area (Å²) in [5.41, 5.74) is 0.838. The summed E-state index contributed by atoms with van der Waals surface area (Å²) in [6, 6.07) is 3.15. The van der Waals surface area contributed by atoms with Gasteiger partial charge in [0.25, 0.3) is 0 Å². The SMILES string of the molecule is CC(=O)NC/C=C(\F)c1ccc2nc(NC(=O)[C@@H]3C[C@@H]3F)cn2c1. The van der Waals surface area contributed by atoms with Gasteiger partial charge in [-0.15, -0.1) is 0 Å². The Balaban J connectivity index is 1.73. The van der Waals surface area contributed by atoms with Gasteiger partial charge in [0.1, 0.15) is 17.6 Å². The lowest BCUT2D eigenvalue weighted by Crippen LogP contribution is -2.19. The van der Waals surface area contributed by atoms with Crippen molar-refractivity contribution in [2.24, 2.45) is 5.92 Å². The van der Waals surface area contributed by atoms with E-state index in [0.29, 0.717) is 17.0 Å². The minimum atomic E-state index is -1.07. The molecular formula is C16H16F2N4O2. The molecule has 1 fully saturated rings. The van der Waals surface area contributed by atoms with E-state index in [9.17, 15) is 18.4 Å². The first-order chi connectivity index (χ1) is 11.4. The molecule has 0 unspecified atom stereocenters. The van der Waals surface area contributed by atoms with Crippen LogP contribution in [0.3, 0.4) is 0 Å². The molecule has 2 heterocycles. The van der Waals surface area contributed by atoms with E-state index >= 15 is 0 Å². The zero-order valence-corrected chi connectivity index (χ0v) is 12.9. The van der Waals surface area contributed by atoms with Crippen LogP contribution >= 0.6 is 0 Å². The largest absolute Gasteiger partial charge is 0.353 e. The number of amides is 2. The molecule has 1 aliphatic carbocycles. The number of fused-ring (bicyclic) bond motifs is 1. The van der Waals surface area contributed by atoms with Crippen LogP contribution in [0.2, 0.25) is 0 Å². The summed E-state index contributed by atoms with van der Waals surface area (Å²) < 4.78 is 28.5. The molecule has 126 valence electrons. The normalized spacial score (nSPS) is 20.0. The number of aromatic nitrogens is 2. The minimum absolute atomic E-state index is 0.0935. The molecule has 2 aromatic heterocycles. The first-order valence-electron chi connectivity index (χ1n) is 7.48. The fourth-order valence-electron chi connectivity index (χ4n) is 2.25. The lowest BCUT2D eigenvalue weighted by Gasteiger charge is -2.00. The second-order valence-electron chi connectivity index (χ2n) is 5.65. The van der Waals surface area contributed by atoms with E-state index in [0.717, 1.165) is 0 Å². The van der Waals surface area contributed by atoms with Crippen molar-refractivity contribution in [1.82, 2.24) is 14.7 Å². The number of carbonyl (C=O) groups excluding carboxylic acids is 2. The average molecular weight is 334 g/mol. The fraction of sp³-hybridized carbons (Fsp3) is 0.312. The molecule has 8 heteroatoms. The molecule has 2 amide bonds. The molecule has 2 atom stereocenters. The van der Waals surface area contributed by atoms with Gasteiger partial charge in [-0.3, -0.25) is 9.59 Å². The first-order valence-corrected chi connectivity index (χ1v) is 7.48. The third-order valence-corrected chi connectivity index (χ3v) is 3.66. The number of anilines is 1. The van der Waals surface area contributed by atoms with E-state index in [2.05, 4.69) is 15.6 Å². The van der Waals surface area contributed by atoms with E-state index in [1.165, 1.54) is 25.4 Å². The Morgan fingerprint density at radius 3 is 2.83 bits per heavy atom. The molecule has 6 nitrogen and oxygen atoms in total. The lowest BCUT2D eigenvalue weighted by atomic mass is 10.2. The van der Waals surface area contributed by atoms with Crippen molar-refractivity contribution >= 4 is 29.1 Å². The van der Waals surface area contributed by atoms with E-state index in [4.69, 9.17) is 0 Å². The van der Waals surface area contributed by atoms with Gasteiger partial charge in [-0.05, 0) is 24.6 Å². The highest BCUT2D eigenvalue weighted by Gasteiger charge is 2.43. The third-order valence-electron chi connectivity index (χ3n) is 3.66. The van der Waals surface area contributed by atoms with Crippen molar-refractivity contribution in [2.45, 2.75) is 19.5 Å². The van der Waals surface area contributed by atoms with E-state index in [1.807, 2.05) is 0 Å². The van der Waals surface area contributed by atoms with Gasteiger partial charge in [-0.1, -0.05) is 0 Å². The molecule has 0 saturated heterocycles. The fourth-order valence-corrected chi connectivity index (χ4v) is 2.25. The van der Waals surface area contributed by atoms with Gasteiger partial charge >= 0.3 is 0 Å². The minimum Gasteiger partial charge on any atom is -0.353 e. The molecule has 1 saturated carbocycles. The third kappa shape index (κ3) is 3.58. The summed E-state index contributed by atoms with van der Waals surface area (Å²) in [5, 5.41) is 5.03. The highest BCUT2D eigenvalue weighted by molar-refractivity contribution is 5.94. The number of alkyl halides is 1.